The van der Waals surface area contributed by atoms with Crippen LogP contribution in [-0.2, 0) is 9.59 Å². The second-order valence-corrected chi connectivity index (χ2v) is 1.79. The minimum atomic E-state index is -1.56. The Morgan fingerprint density at radius 1 is 1.27 bits per heavy atom. The molecule has 5 nitrogen and oxygen atoms in total. The van der Waals surface area contributed by atoms with Gasteiger partial charge in [-0.3, -0.25) is 4.79 Å². The fourth-order valence-corrected chi connectivity index (χ4v) is 0.384. The van der Waals surface area contributed by atoms with Crippen LogP contribution in [0.1, 0.15) is 12.8 Å². The van der Waals surface area contributed by atoms with Gasteiger partial charge in [-0.2, -0.15) is 0 Å². The third kappa shape index (κ3) is 7.80. The summed E-state index contributed by atoms with van der Waals surface area (Å²) < 4.78 is 0. The van der Waals surface area contributed by atoms with E-state index in [2.05, 4.69) is 0 Å². The molecule has 59 valence electrons. The van der Waals surface area contributed by atoms with E-state index in [9.17, 15) is 9.59 Å². The molecule has 1 radical (unpaired) electrons. The smallest absolute Gasteiger partial charge is 0.332 e. The number of rotatable bonds is 4. The number of aliphatic hydroxyl groups excluding tert-OH is 1. The van der Waals surface area contributed by atoms with Crippen molar-refractivity contribution in [3.05, 3.63) is 0 Å². The molecule has 0 unspecified atom stereocenters. The van der Waals surface area contributed by atoms with Crippen molar-refractivity contribution >= 4 is 41.5 Å². The van der Waals surface area contributed by atoms with Crippen molar-refractivity contribution in [1.82, 2.24) is 0 Å². The number of carboxylic acids is 2. The molecule has 0 saturated heterocycles. The zero-order valence-corrected chi connectivity index (χ0v) is 8.15. The number of hydrogen-bond acceptors (Lipinski definition) is 3. The van der Waals surface area contributed by atoms with Gasteiger partial charge in [-0.15, -0.1) is 0 Å². The summed E-state index contributed by atoms with van der Waals surface area (Å²) in [6.07, 6.45) is -2.13. The zero-order chi connectivity index (χ0) is 8.15. The SMILES string of the molecule is O=C(O)CC[C@@H](O)C(=O)O.[Na]. The van der Waals surface area contributed by atoms with Crippen LogP contribution in [0.5, 0.6) is 0 Å². The zero-order valence-electron chi connectivity index (χ0n) is 6.15. The molecule has 0 heterocycles. The van der Waals surface area contributed by atoms with Crippen LogP contribution in [0.25, 0.3) is 0 Å². The average Bonchev–Trinajstić information content (AvgIpc) is 1.82. The number of aliphatic carboxylic acids is 2. The first-order valence-electron chi connectivity index (χ1n) is 2.66. The van der Waals surface area contributed by atoms with Crippen LogP contribution in [0.4, 0.5) is 0 Å². The van der Waals surface area contributed by atoms with E-state index in [-0.39, 0.29) is 42.4 Å². The second-order valence-electron chi connectivity index (χ2n) is 1.79. The molecule has 6 heteroatoms. The van der Waals surface area contributed by atoms with E-state index in [1.54, 1.807) is 0 Å². The Bertz CT molecular complexity index is 146. The average molecular weight is 171 g/mol. The van der Waals surface area contributed by atoms with Crippen LogP contribution in [0, 0.1) is 0 Å². The van der Waals surface area contributed by atoms with Crippen LogP contribution in [0.2, 0.25) is 0 Å². The summed E-state index contributed by atoms with van der Waals surface area (Å²) in [5, 5.41) is 24.6. The van der Waals surface area contributed by atoms with E-state index in [1.165, 1.54) is 0 Å². The van der Waals surface area contributed by atoms with E-state index in [0.717, 1.165) is 0 Å². The Hall–Kier alpha value is -0.100. The number of hydrogen-bond donors (Lipinski definition) is 3. The molecule has 1 atom stereocenters. The predicted octanol–water partition coefficient (Wildman–Crippen LogP) is -1.08. The van der Waals surface area contributed by atoms with Crippen molar-refractivity contribution in [3.8, 4) is 0 Å². The van der Waals surface area contributed by atoms with Crippen LogP contribution in [-0.4, -0.2) is 62.9 Å². The first-order valence-corrected chi connectivity index (χ1v) is 2.66. The summed E-state index contributed by atoms with van der Waals surface area (Å²) in [5.41, 5.74) is 0. The first kappa shape index (κ1) is 13.5. The molecule has 0 aromatic carbocycles. The molecule has 3 N–H and O–H groups in total. The summed E-state index contributed by atoms with van der Waals surface area (Å²) >= 11 is 0. The minimum Gasteiger partial charge on any atom is -0.481 e. The Morgan fingerprint density at radius 3 is 2.00 bits per heavy atom. The Morgan fingerprint density at radius 2 is 1.73 bits per heavy atom. The molecule has 11 heavy (non-hydrogen) atoms. The molecular weight excluding hydrogens is 163 g/mol. The predicted molar refractivity (Wildman–Crippen MR) is 36.3 cm³/mol. The monoisotopic (exact) mass is 171 g/mol. The van der Waals surface area contributed by atoms with Gasteiger partial charge in [0.25, 0.3) is 0 Å². The third-order valence-electron chi connectivity index (χ3n) is 0.917. The Kier molecular flexibility index (Phi) is 8.09. The molecule has 0 rings (SSSR count). The maximum absolute atomic E-state index is 9.87. The Labute approximate surface area is 85.3 Å². The van der Waals surface area contributed by atoms with Crippen LogP contribution >= 0.6 is 0 Å². The molecule has 0 bridgehead atoms. The van der Waals surface area contributed by atoms with E-state index >= 15 is 0 Å². The van der Waals surface area contributed by atoms with E-state index < -0.39 is 18.0 Å². The number of carbonyl (C=O) groups is 2. The van der Waals surface area contributed by atoms with Gasteiger partial charge in [0.1, 0.15) is 0 Å². The van der Waals surface area contributed by atoms with Crippen molar-refractivity contribution in [2.24, 2.45) is 0 Å². The van der Waals surface area contributed by atoms with Crippen molar-refractivity contribution in [2.75, 3.05) is 0 Å². The molecule has 0 saturated carbocycles. The van der Waals surface area contributed by atoms with Gasteiger partial charge in [-0.25, -0.2) is 4.79 Å². The maximum Gasteiger partial charge on any atom is 0.332 e. The molecule has 0 fully saturated rings. The van der Waals surface area contributed by atoms with Crippen LogP contribution < -0.4 is 0 Å². The van der Waals surface area contributed by atoms with Gasteiger partial charge in [0.15, 0.2) is 6.10 Å². The van der Waals surface area contributed by atoms with E-state index in [4.69, 9.17) is 15.3 Å². The summed E-state index contributed by atoms with van der Waals surface area (Å²) in [6.45, 7) is 0. The number of carboxylic acid groups (broad SMARTS) is 2. The summed E-state index contributed by atoms with van der Waals surface area (Å²) in [7, 11) is 0. The summed E-state index contributed by atoms with van der Waals surface area (Å²) in [6, 6.07) is 0. The van der Waals surface area contributed by atoms with E-state index in [0.29, 0.717) is 0 Å². The first-order chi connectivity index (χ1) is 4.54. The topological polar surface area (TPSA) is 94.8 Å². The normalized spacial score (nSPS) is 11.4. The van der Waals surface area contributed by atoms with Crippen LogP contribution in [0.3, 0.4) is 0 Å². The largest absolute Gasteiger partial charge is 0.481 e. The minimum absolute atomic E-state index is 0. The van der Waals surface area contributed by atoms with Gasteiger partial charge >= 0.3 is 11.9 Å². The van der Waals surface area contributed by atoms with Crippen LogP contribution in [0.15, 0.2) is 0 Å². The van der Waals surface area contributed by atoms with Gasteiger partial charge < -0.3 is 15.3 Å². The van der Waals surface area contributed by atoms with Gasteiger partial charge in [0, 0.05) is 36.0 Å². The molecule has 0 aromatic rings. The maximum atomic E-state index is 9.87. The second kappa shape index (κ2) is 6.60. The van der Waals surface area contributed by atoms with Crippen molar-refractivity contribution in [2.45, 2.75) is 18.9 Å². The summed E-state index contributed by atoms with van der Waals surface area (Å²) in [5.74, 6) is -2.50. The molecule has 0 aromatic heterocycles. The molecular formula is C5H8NaO5. The Balaban J connectivity index is 0. The molecule has 0 amide bonds. The molecule has 0 aliphatic rings. The fourth-order valence-electron chi connectivity index (χ4n) is 0.384. The number of aliphatic hydroxyl groups is 1. The fraction of sp³-hybridized carbons (Fsp3) is 0.600. The van der Waals surface area contributed by atoms with Crippen molar-refractivity contribution < 1.29 is 24.9 Å². The molecule has 0 aliphatic carbocycles. The van der Waals surface area contributed by atoms with E-state index in [1.807, 2.05) is 0 Å². The van der Waals surface area contributed by atoms with Gasteiger partial charge in [0.2, 0.25) is 0 Å². The van der Waals surface area contributed by atoms with Crippen molar-refractivity contribution in [3.63, 3.8) is 0 Å². The summed E-state index contributed by atoms with van der Waals surface area (Å²) in [4.78, 5) is 19.7. The van der Waals surface area contributed by atoms with Gasteiger partial charge in [0.05, 0.1) is 0 Å². The standard InChI is InChI=1S/C5H8O5.Na/c6-3(5(9)10)1-2-4(7)8;/h3,6H,1-2H2,(H,7,8)(H,9,10);/t3-;/m1./s1. The van der Waals surface area contributed by atoms with Crippen molar-refractivity contribution in [1.29, 1.82) is 0 Å². The molecule has 0 aliphatic heterocycles. The molecule has 0 spiro atoms. The third-order valence-corrected chi connectivity index (χ3v) is 0.917. The van der Waals surface area contributed by atoms with Gasteiger partial charge in [-0.1, -0.05) is 0 Å². The van der Waals surface area contributed by atoms with Gasteiger partial charge in [-0.05, 0) is 6.42 Å². The quantitative estimate of drug-likeness (QED) is 0.467.